The van der Waals surface area contributed by atoms with Crippen LogP contribution in [-0.4, -0.2) is 46.7 Å². The molecule has 0 aromatic carbocycles. The number of carbonyl (C=O) groups excluding carboxylic acids is 1. The summed E-state index contributed by atoms with van der Waals surface area (Å²) in [7, 11) is 0. The lowest BCUT2D eigenvalue weighted by molar-refractivity contribution is -0.148. The predicted molar refractivity (Wildman–Crippen MR) is 53.4 cm³/mol. The van der Waals surface area contributed by atoms with Crippen molar-refractivity contribution in [3.8, 4) is 0 Å². The summed E-state index contributed by atoms with van der Waals surface area (Å²) in [4.78, 5) is 11.1. The van der Waals surface area contributed by atoms with Crippen molar-refractivity contribution in [3.63, 3.8) is 0 Å². The largest absolute Gasteiger partial charge is 0.499 e. The Labute approximate surface area is 93.1 Å². The molecule has 0 spiro atoms. The van der Waals surface area contributed by atoms with Gasteiger partial charge in [-0.15, -0.1) is 0 Å². The maximum atomic E-state index is 11.1. The molecule has 92 valence electrons. The highest BCUT2D eigenvalue weighted by molar-refractivity contribution is 5.89. The highest BCUT2D eigenvalue weighted by atomic mass is 16.6. The molecule has 0 saturated carbocycles. The molecule has 1 heterocycles. The van der Waals surface area contributed by atoms with E-state index >= 15 is 0 Å². The van der Waals surface area contributed by atoms with E-state index in [1.807, 2.05) is 13.8 Å². The minimum atomic E-state index is -1.30. The smallest absolute Gasteiger partial charge is 0.378 e. The van der Waals surface area contributed by atoms with Crippen molar-refractivity contribution < 1.29 is 29.6 Å². The third-order valence-corrected chi connectivity index (χ3v) is 2.03. The molecule has 0 amide bonds. The molecule has 0 aliphatic carbocycles. The fourth-order valence-corrected chi connectivity index (χ4v) is 1.22. The number of rotatable bonds is 5. The first-order chi connectivity index (χ1) is 7.47. The summed E-state index contributed by atoms with van der Waals surface area (Å²) in [5.41, 5.74) is 0. The lowest BCUT2D eigenvalue weighted by atomic mass is 10.2. The summed E-state index contributed by atoms with van der Waals surface area (Å²) >= 11 is 0. The van der Waals surface area contributed by atoms with Gasteiger partial charge in [0.25, 0.3) is 0 Å². The van der Waals surface area contributed by atoms with Gasteiger partial charge in [-0.3, -0.25) is 0 Å². The molecule has 3 N–H and O–H groups in total. The van der Waals surface area contributed by atoms with Crippen LogP contribution in [0.2, 0.25) is 0 Å². The van der Waals surface area contributed by atoms with Crippen LogP contribution in [0.5, 0.6) is 0 Å². The number of esters is 1. The zero-order chi connectivity index (χ0) is 12.3. The molecular formula is C10H16O6. The molecule has 1 aliphatic heterocycles. The molecule has 0 saturated heterocycles. The third-order valence-electron chi connectivity index (χ3n) is 2.03. The van der Waals surface area contributed by atoms with Crippen molar-refractivity contribution in [2.45, 2.75) is 26.1 Å². The van der Waals surface area contributed by atoms with E-state index in [2.05, 4.69) is 4.74 Å². The van der Waals surface area contributed by atoms with Gasteiger partial charge in [-0.1, -0.05) is 13.8 Å². The predicted octanol–water partition coefficient (Wildman–Crippen LogP) is -0.293. The first-order valence-corrected chi connectivity index (χ1v) is 5.03. The van der Waals surface area contributed by atoms with Gasteiger partial charge < -0.3 is 24.8 Å². The maximum absolute atomic E-state index is 11.1. The van der Waals surface area contributed by atoms with Crippen LogP contribution in [-0.2, 0) is 14.3 Å². The van der Waals surface area contributed by atoms with E-state index in [1.165, 1.54) is 0 Å². The zero-order valence-corrected chi connectivity index (χ0v) is 9.21. The molecule has 0 bridgehead atoms. The van der Waals surface area contributed by atoms with E-state index in [-0.39, 0.29) is 18.3 Å². The minimum absolute atomic E-state index is 0.111. The Morgan fingerprint density at radius 3 is 2.62 bits per heavy atom. The number of ether oxygens (including phenoxy) is 2. The number of carbonyl (C=O) groups is 1. The van der Waals surface area contributed by atoms with E-state index in [0.717, 1.165) is 0 Å². The lowest BCUT2D eigenvalue weighted by Gasteiger charge is -2.19. The fraction of sp³-hybridized carbons (Fsp3) is 0.700. The monoisotopic (exact) mass is 232 g/mol. The number of hydrogen-bond acceptors (Lipinski definition) is 6. The molecule has 0 aromatic heterocycles. The highest BCUT2D eigenvalue weighted by Gasteiger charge is 2.40. The van der Waals surface area contributed by atoms with E-state index < -0.39 is 30.5 Å². The van der Waals surface area contributed by atoms with Crippen LogP contribution in [0, 0.1) is 5.92 Å². The Morgan fingerprint density at radius 1 is 1.50 bits per heavy atom. The van der Waals surface area contributed by atoms with E-state index in [4.69, 9.17) is 9.84 Å². The first-order valence-electron chi connectivity index (χ1n) is 5.03. The van der Waals surface area contributed by atoms with Crippen molar-refractivity contribution in [2.24, 2.45) is 5.92 Å². The van der Waals surface area contributed by atoms with Crippen molar-refractivity contribution in [1.82, 2.24) is 0 Å². The molecule has 1 aliphatic rings. The van der Waals surface area contributed by atoms with Gasteiger partial charge in [0.2, 0.25) is 5.76 Å². The van der Waals surface area contributed by atoms with Gasteiger partial charge in [-0.2, -0.15) is 0 Å². The Bertz CT molecular complexity index is 296. The van der Waals surface area contributed by atoms with Crippen LogP contribution in [0.1, 0.15) is 13.8 Å². The van der Waals surface area contributed by atoms with Crippen LogP contribution >= 0.6 is 0 Å². The minimum Gasteiger partial charge on any atom is -0.499 e. The second-order valence-electron chi connectivity index (χ2n) is 3.99. The van der Waals surface area contributed by atoms with Gasteiger partial charge in [0.05, 0.1) is 13.2 Å². The Hall–Kier alpha value is -1.27. The highest BCUT2D eigenvalue weighted by Crippen LogP contribution is 2.25. The van der Waals surface area contributed by atoms with E-state index in [0.29, 0.717) is 0 Å². The second kappa shape index (κ2) is 5.18. The summed E-state index contributed by atoms with van der Waals surface area (Å²) < 4.78 is 9.87. The lowest BCUT2D eigenvalue weighted by Crippen LogP contribution is -2.32. The number of hydrogen-bond donors (Lipinski definition) is 3. The molecule has 0 radical (unpaired) electrons. The topological polar surface area (TPSA) is 96.2 Å². The Morgan fingerprint density at radius 2 is 2.12 bits per heavy atom. The molecule has 6 heteroatoms. The summed E-state index contributed by atoms with van der Waals surface area (Å²) in [6.07, 6.45) is -2.42. The fourth-order valence-electron chi connectivity index (χ4n) is 1.22. The first kappa shape index (κ1) is 12.8. The van der Waals surface area contributed by atoms with E-state index in [9.17, 15) is 15.0 Å². The molecule has 16 heavy (non-hydrogen) atoms. The molecule has 1 rings (SSSR count). The molecule has 6 nitrogen and oxygen atoms in total. The summed E-state index contributed by atoms with van der Waals surface area (Å²) in [5.74, 6) is -1.50. The zero-order valence-electron chi connectivity index (χ0n) is 9.21. The van der Waals surface area contributed by atoms with Crippen molar-refractivity contribution in [3.05, 3.63) is 11.5 Å². The van der Waals surface area contributed by atoms with Crippen molar-refractivity contribution in [1.29, 1.82) is 0 Å². The Balaban J connectivity index is 2.76. The van der Waals surface area contributed by atoms with Crippen LogP contribution in [0.4, 0.5) is 0 Å². The average molecular weight is 232 g/mol. The summed E-state index contributed by atoms with van der Waals surface area (Å²) in [6.45, 7) is 3.49. The van der Waals surface area contributed by atoms with Gasteiger partial charge in [-0.25, -0.2) is 4.79 Å². The van der Waals surface area contributed by atoms with Crippen LogP contribution in [0.3, 0.4) is 0 Å². The van der Waals surface area contributed by atoms with Gasteiger partial charge in [0.15, 0.2) is 11.9 Å². The number of aliphatic hydroxyl groups is 3. The van der Waals surface area contributed by atoms with Gasteiger partial charge in [0, 0.05) is 0 Å². The van der Waals surface area contributed by atoms with Gasteiger partial charge in [-0.05, 0) is 5.92 Å². The normalized spacial score (nSPS) is 22.6. The molecule has 0 fully saturated rings. The molecule has 0 aromatic rings. The summed E-state index contributed by atoms with van der Waals surface area (Å²) in [5, 5.41) is 27.5. The third kappa shape index (κ3) is 2.65. The number of cyclic esters (lactones) is 1. The average Bonchev–Trinajstić information content (AvgIpc) is 2.52. The van der Waals surface area contributed by atoms with Crippen molar-refractivity contribution in [2.75, 3.05) is 13.2 Å². The van der Waals surface area contributed by atoms with Gasteiger partial charge in [0.1, 0.15) is 6.10 Å². The van der Waals surface area contributed by atoms with Crippen LogP contribution < -0.4 is 0 Å². The van der Waals surface area contributed by atoms with Crippen molar-refractivity contribution >= 4 is 5.97 Å². The van der Waals surface area contributed by atoms with Crippen LogP contribution in [0.25, 0.3) is 0 Å². The van der Waals surface area contributed by atoms with E-state index in [1.54, 1.807) is 0 Å². The second-order valence-corrected chi connectivity index (χ2v) is 3.99. The standard InChI is InChI=1S/C10H16O6/c1-5(2)4-15-9-7(13)10(14)16-8(9)6(12)3-11/h5-6,8,11-13H,3-4H2,1-2H3/t6-,8+/m0/s1. The Kier molecular flexibility index (Phi) is 4.14. The van der Waals surface area contributed by atoms with Crippen LogP contribution in [0.15, 0.2) is 11.5 Å². The molecule has 2 atom stereocenters. The summed E-state index contributed by atoms with van der Waals surface area (Å²) in [6, 6.07) is 0. The quantitative estimate of drug-likeness (QED) is 0.563. The maximum Gasteiger partial charge on any atom is 0.378 e. The van der Waals surface area contributed by atoms with Gasteiger partial charge >= 0.3 is 5.97 Å². The SMILES string of the molecule is CC(C)COC1=C(O)C(=O)O[C@@H]1[C@@H](O)CO. The molecular weight excluding hydrogens is 216 g/mol. The number of aliphatic hydroxyl groups excluding tert-OH is 3. The molecule has 0 unspecified atom stereocenters.